The molecular weight excluding hydrogens is 496 g/mol. The monoisotopic (exact) mass is 526 g/mol. The van der Waals surface area contributed by atoms with Crippen LogP contribution in [0.3, 0.4) is 0 Å². The van der Waals surface area contributed by atoms with Gasteiger partial charge in [0.05, 0.1) is 5.41 Å². The predicted octanol–water partition coefficient (Wildman–Crippen LogP) is 8.86. The maximum absolute atomic E-state index is 3.89. The third-order valence-corrected chi connectivity index (χ3v) is 8.84. The minimum atomic E-state index is -0.409. The SMILES string of the molecule is c1ccc(C2NC(c3ccccc3)N2c2cccc3c2-c2ccccc2C3(c2ccccc2)c2ccccc2)cc1. The lowest BCUT2D eigenvalue weighted by molar-refractivity contribution is 0.276. The van der Waals surface area contributed by atoms with Gasteiger partial charge in [-0.15, -0.1) is 0 Å². The highest BCUT2D eigenvalue weighted by Crippen LogP contribution is 2.60. The molecule has 41 heavy (non-hydrogen) atoms. The quantitative estimate of drug-likeness (QED) is 0.241. The zero-order chi connectivity index (χ0) is 27.2. The van der Waals surface area contributed by atoms with Gasteiger partial charge in [0.25, 0.3) is 0 Å². The van der Waals surface area contributed by atoms with Crippen molar-refractivity contribution in [1.82, 2.24) is 5.32 Å². The number of hydrogen-bond donors (Lipinski definition) is 1. The van der Waals surface area contributed by atoms with Gasteiger partial charge in [0.2, 0.25) is 0 Å². The Morgan fingerprint density at radius 1 is 0.439 bits per heavy atom. The average molecular weight is 527 g/mol. The van der Waals surface area contributed by atoms with E-state index in [0.717, 1.165) is 0 Å². The molecule has 0 amide bonds. The van der Waals surface area contributed by atoms with Crippen molar-refractivity contribution in [3.63, 3.8) is 0 Å². The van der Waals surface area contributed by atoms with Crippen LogP contribution in [-0.2, 0) is 5.41 Å². The Bertz CT molecular complexity index is 1730. The van der Waals surface area contributed by atoms with Gasteiger partial charge in [-0.2, -0.15) is 0 Å². The first-order chi connectivity index (χ1) is 20.4. The fraction of sp³-hybridized carbons (Fsp3) is 0.0769. The molecule has 0 bridgehead atoms. The van der Waals surface area contributed by atoms with Crippen LogP contribution in [0.25, 0.3) is 11.1 Å². The molecule has 0 radical (unpaired) electrons. The van der Waals surface area contributed by atoms with Crippen molar-refractivity contribution in [2.75, 3.05) is 4.90 Å². The normalized spacial score (nSPS) is 18.3. The van der Waals surface area contributed by atoms with E-state index in [1.807, 2.05) is 0 Å². The Labute approximate surface area is 241 Å². The Balaban J connectivity index is 1.41. The van der Waals surface area contributed by atoms with Gasteiger partial charge in [0.1, 0.15) is 12.3 Å². The van der Waals surface area contributed by atoms with Gasteiger partial charge in [-0.1, -0.05) is 158 Å². The fourth-order valence-corrected chi connectivity index (χ4v) is 7.13. The molecule has 2 unspecified atom stereocenters. The van der Waals surface area contributed by atoms with Crippen molar-refractivity contribution in [3.8, 4) is 11.1 Å². The minimum Gasteiger partial charge on any atom is -0.331 e. The van der Waals surface area contributed by atoms with Crippen LogP contribution in [0, 0.1) is 0 Å². The Kier molecular flexibility index (Phi) is 5.61. The number of rotatable bonds is 5. The maximum Gasteiger partial charge on any atom is 0.109 e. The van der Waals surface area contributed by atoms with Gasteiger partial charge in [-0.3, -0.25) is 5.32 Å². The maximum atomic E-state index is 3.89. The zero-order valence-electron chi connectivity index (χ0n) is 22.7. The molecule has 0 saturated carbocycles. The summed E-state index contributed by atoms with van der Waals surface area (Å²) >= 11 is 0. The highest BCUT2D eigenvalue weighted by atomic mass is 15.5. The van der Waals surface area contributed by atoms with Gasteiger partial charge in [-0.25, -0.2) is 0 Å². The number of nitrogens with one attached hydrogen (secondary N) is 1. The molecule has 6 aromatic carbocycles. The summed E-state index contributed by atoms with van der Waals surface area (Å²) < 4.78 is 0. The van der Waals surface area contributed by atoms with Crippen molar-refractivity contribution in [3.05, 3.63) is 197 Å². The third kappa shape index (κ3) is 3.54. The lowest BCUT2D eigenvalue weighted by Gasteiger charge is -2.52. The molecule has 8 rings (SSSR count). The van der Waals surface area contributed by atoms with E-state index in [1.165, 1.54) is 50.2 Å². The van der Waals surface area contributed by atoms with Crippen LogP contribution in [0.2, 0.25) is 0 Å². The van der Waals surface area contributed by atoms with Crippen LogP contribution in [0.15, 0.2) is 164 Å². The van der Waals surface area contributed by atoms with E-state index in [4.69, 9.17) is 0 Å². The van der Waals surface area contributed by atoms with E-state index in [0.29, 0.717) is 0 Å². The Morgan fingerprint density at radius 2 is 0.902 bits per heavy atom. The first-order valence-electron chi connectivity index (χ1n) is 14.4. The zero-order valence-corrected chi connectivity index (χ0v) is 22.7. The van der Waals surface area contributed by atoms with Crippen molar-refractivity contribution in [1.29, 1.82) is 0 Å². The number of anilines is 1. The molecule has 6 aromatic rings. The van der Waals surface area contributed by atoms with E-state index >= 15 is 0 Å². The highest BCUT2D eigenvalue weighted by molar-refractivity contribution is 5.94. The van der Waals surface area contributed by atoms with Crippen LogP contribution in [0.5, 0.6) is 0 Å². The topological polar surface area (TPSA) is 15.3 Å². The lowest BCUT2D eigenvalue weighted by atomic mass is 9.67. The molecular formula is C39H30N2. The first-order valence-corrected chi connectivity index (χ1v) is 14.4. The van der Waals surface area contributed by atoms with E-state index in [9.17, 15) is 0 Å². The summed E-state index contributed by atoms with van der Waals surface area (Å²) in [4.78, 5) is 2.58. The number of nitrogens with zero attached hydrogens (tertiary/aromatic N) is 1. The molecule has 1 fully saturated rings. The molecule has 0 spiro atoms. The molecule has 1 aliphatic heterocycles. The lowest BCUT2D eigenvalue weighted by Crippen LogP contribution is -2.57. The van der Waals surface area contributed by atoms with E-state index in [-0.39, 0.29) is 12.3 Å². The average Bonchev–Trinajstić information content (AvgIpc) is 3.34. The summed E-state index contributed by atoms with van der Waals surface area (Å²) in [6, 6.07) is 59.6. The highest BCUT2D eigenvalue weighted by Gasteiger charge is 2.49. The standard InChI is InChI=1S/C39H30N2/c1-5-16-28(17-6-1)37-40-38(29-18-7-2-8-19-29)41(37)35-27-15-26-34-36(35)32-24-13-14-25-33(32)39(34,30-20-9-3-10-21-30)31-22-11-4-12-23-31/h1-27,37-38,40H. The molecule has 2 aliphatic rings. The van der Waals surface area contributed by atoms with Crippen molar-refractivity contribution in [2.45, 2.75) is 17.7 Å². The van der Waals surface area contributed by atoms with Crippen LogP contribution < -0.4 is 10.2 Å². The second-order valence-electron chi connectivity index (χ2n) is 10.9. The van der Waals surface area contributed by atoms with Gasteiger partial charge in [-0.05, 0) is 45.0 Å². The van der Waals surface area contributed by atoms with Crippen LogP contribution >= 0.6 is 0 Å². The molecule has 0 aromatic heterocycles. The first kappa shape index (κ1) is 23.9. The van der Waals surface area contributed by atoms with E-state index in [1.54, 1.807) is 0 Å². The smallest absolute Gasteiger partial charge is 0.109 e. The van der Waals surface area contributed by atoms with Crippen molar-refractivity contribution >= 4 is 5.69 Å². The fourth-order valence-electron chi connectivity index (χ4n) is 7.13. The van der Waals surface area contributed by atoms with E-state index in [2.05, 4.69) is 174 Å². The summed E-state index contributed by atoms with van der Waals surface area (Å²) in [7, 11) is 0. The van der Waals surface area contributed by atoms with Crippen molar-refractivity contribution in [2.24, 2.45) is 0 Å². The summed E-state index contributed by atoms with van der Waals surface area (Å²) in [5.41, 5.74) is 11.2. The van der Waals surface area contributed by atoms with Crippen LogP contribution in [0.4, 0.5) is 5.69 Å². The summed E-state index contributed by atoms with van der Waals surface area (Å²) in [5.74, 6) is 0. The van der Waals surface area contributed by atoms with Gasteiger partial charge >= 0.3 is 0 Å². The predicted molar refractivity (Wildman–Crippen MR) is 168 cm³/mol. The molecule has 1 N–H and O–H groups in total. The van der Waals surface area contributed by atoms with Crippen molar-refractivity contribution < 1.29 is 0 Å². The molecule has 2 atom stereocenters. The molecule has 2 heteroatoms. The molecule has 1 aliphatic carbocycles. The Morgan fingerprint density at radius 3 is 1.46 bits per heavy atom. The molecule has 196 valence electrons. The summed E-state index contributed by atoms with van der Waals surface area (Å²) in [5, 5.41) is 3.89. The van der Waals surface area contributed by atoms with Crippen LogP contribution in [-0.4, -0.2) is 0 Å². The van der Waals surface area contributed by atoms with Gasteiger partial charge in [0, 0.05) is 11.3 Å². The number of fused-ring (bicyclic) bond motifs is 3. The molecule has 2 nitrogen and oxygen atoms in total. The minimum absolute atomic E-state index is 0.0727. The number of hydrogen-bond acceptors (Lipinski definition) is 2. The van der Waals surface area contributed by atoms with Crippen LogP contribution in [0.1, 0.15) is 45.7 Å². The second-order valence-corrected chi connectivity index (χ2v) is 10.9. The van der Waals surface area contributed by atoms with Gasteiger partial charge < -0.3 is 4.90 Å². The number of benzene rings is 6. The molecule has 1 heterocycles. The summed E-state index contributed by atoms with van der Waals surface area (Å²) in [6.45, 7) is 0. The summed E-state index contributed by atoms with van der Waals surface area (Å²) in [6.07, 6.45) is 0.145. The Hall–Kier alpha value is -4.92. The largest absolute Gasteiger partial charge is 0.331 e. The molecule has 1 saturated heterocycles. The second kappa shape index (κ2) is 9.62. The van der Waals surface area contributed by atoms with Gasteiger partial charge in [0.15, 0.2) is 0 Å². The van der Waals surface area contributed by atoms with E-state index < -0.39 is 5.41 Å². The third-order valence-electron chi connectivity index (χ3n) is 8.84.